The number of nitrogens with zero attached hydrogens (tertiary/aromatic N) is 1. The fraction of sp³-hybridized carbons (Fsp3) is 0.364. The molecule has 68 valence electrons. The Kier molecular flexibility index (Phi) is 2.69. The minimum atomic E-state index is 1.01. The maximum atomic E-state index is 4.52. The Bertz CT molecular complexity index is 331. The van der Waals surface area contributed by atoms with Crippen LogP contribution in [0, 0.1) is 0 Å². The summed E-state index contributed by atoms with van der Waals surface area (Å²) in [6.07, 6.45) is 4.49. The highest BCUT2D eigenvalue weighted by molar-refractivity contribution is 7.98. The molecular weight excluding hydrogens is 178 g/mol. The molecule has 0 bridgehead atoms. The molecular formula is C11H13NS. The van der Waals surface area contributed by atoms with E-state index in [-0.39, 0.29) is 0 Å². The van der Waals surface area contributed by atoms with Crippen LogP contribution < -0.4 is 0 Å². The lowest BCUT2D eigenvalue weighted by molar-refractivity contribution is 0.951. The summed E-state index contributed by atoms with van der Waals surface area (Å²) in [5.41, 5.74) is 2.64. The molecule has 0 amide bonds. The Balaban J connectivity index is 2.38. The van der Waals surface area contributed by atoms with Gasteiger partial charge in [0.2, 0.25) is 0 Å². The van der Waals surface area contributed by atoms with Crippen molar-refractivity contribution < 1.29 is 0 Å². The van der Waals surface area contributed by atoms with Crippen LogP contribution >= 0.6 is 11.8 Å². The average molecular weight is 191 g/mol. The van der Waals surface area contributed by atoms with Crippen molar-refractivity contribution in [3.63, 3.8) is 0 Å². The van der Waals surface area contributed by atoms with Gasteiger partial charge in [0.25, 0.3) is 0 Å². The second-order valence-electron chi connectivity index (χ2n) is 3.13. The van der Waals surface area contributed by atoms with Crippen molar-refractivity contribution in [2.45, 2.75) is 17.7 Å². The highest BCUT2D eigenvalue weighted by atomic mass is 32.2. The Labute approximate surface area is 83.3 Å². The predicted molar refractivity (Wildman–Crippen MR) is 58.9 cm³/mol. The molecule has 0 atom stereocenters. The zero-order valence-electron chi connectivity index (χ0n) is 7.79. The van der Waals surface area contributed by atoms with Gasteiger partial charge in [-0.05, 0) is 25.2 Å². The third-order valence-electron chi connectivity index (χ3n) is 2.29. The number of thioether (sulfide) groups is 1. The van der Waals surface area contributed by atoms with Crippen LogP contribution in [0.1, 0.15) is 18.4 Å². The van der Waals surface area contributed by atoms with Gasteiger partial charge in [0.05, 0.1) is 0 Å². The molecule has 0 saturated heterocycles. The molecule has 0 radical (unpaired) electrons. The fourth-order valence-corrected chi connectivity index (χ4v) is 2.26. The van der Waals surface area contributed by atoms with Crippen molar-refractivity contribution in [2.24, 2.45) is 4.99 Å². The molecule has 2 heteroatoms. The highest BCUT2D eigenvalue weighted by Crippen LogP contribution is 2.23. The molecule has 1 aromatic rings. The predicted octanol–water partition coefficient (Wildman–Crippen LogP) is 2.99. The minimum Gasteiger partial charge on any atom is -0.289 e. The van der Waals surface area contributed by atoms with Crippen LogP contribution in [0.3, 0.4) is 0 Å². The molecule has 0 aliphatic carbocycles. The summed E-state index contributed by atoms with van der Waals surface area (Å²) in [4.78, 5) is 5.87. The molecule has 0 N–H and O–H groups in total. The summed E-state index contributed by atoms with van der Waals surface area (Å²) in [6.45, 7) is 1.01. The van der Waals surface area contributed by atoms with Gasteiger partial charge < -0.3 is 0 Å². The lowest BCUT2D eigenvalue weighted by Crippen LogP contribution is -1.97. The first kappa shape index (κ1) is 8.82. The van der Waals surface area contributed by atoms with E-state index in [1.54, 1.807) is 11.8 Å². The zero-order valence-corrected chi connectivity index (χ0v) is 8.60. The Hall–Kier alpha value is -0.760. The third kappa shape index (κ3) is 1.78. The number of rotatable bonds is 2. The van der Waals surface area contributed by atoms with Gasteiger partial charge >= 0.3 is 0 Å². The van der Waals surface area contributed by atoms with E-state index in [9.17, 15) is 0 Å². The van der Waals surface area contributed by atoms with Crippen LogP contribution in [-0.2, 0) is 0 Å². The number of aliphatic imine (C=N–C) groups is 1. The Morgan fingerprint density at radius 1 is 1.31 bits per heavy atom. The molecule has 0 spiro atoms. The molecule has 0 saturated carbocycles. The van der Waals surface area contributed by atoms with Crippen LogP contribution in [0.25, 0.3) is 0 Å². The lowest BCUT2D eigenvalue weighted by atomic mass is 10.1. The van der Waals surface area contributed by atoms with Gasteiger partial charge in [0.15, 0.2) is 0 Å². The highest BCUT2D eigenvalue weighted by Gasteiger charge is 2.11. The first-order valence-electron chi connectivity index (χ1n) is 4.58. The van der Waals surface area contributed by atoms with E-state index in [0.29, 0.717) is 0 Å². The van der Waals surface area contributed by atoms with Crippen LogP contribution in [0.4, 0.5) is 0 Å². The van der Waals surface area contributed by atoms with Crippen molar-refractivity contribution in [3.05, 3.63) is 29.8 Å². The van der Waals surface area contributed by atoms with E-state index in [1.807, 2.05) is 0 Å². The maximum Gasteiger partial charge on any atom is 0.0432 e. The summed E-state index contributed by atoms with van der Waals surface area (Å²) < 4.78 is 0. The zero-order chi connectivity index (χ0) is 9.10. The second kappa shape index (κ2) is 3.97. The first-order chi connectivity index (χ1) is 6.42. The van der Waals surface area contributed by atoms with Crippen molar-refractivity contribution in [1.29, 1.82) is 0 Å². The average Bonchev–Trinajstić information content (AvgIpc) is 2.70. The molecule has 0 fully saturated rings. The molecule has 1 aromatic carbocycles. The minimum absolute atomic E-state index is 1.01. The Morgan fingerprint density at radius 3 is 2.85 bits per heavy atom. The van der Waals surface area contributed by atoms with Gasteiger partial charge in [-0.2, -0.15) is 0 Å². The van der Waals surface area contributed by atoms with E-state index < -0.39 is 0 Å². The standard InChI is InChI=1S/C11H13NS/c1-13-11-7-3-2-5-9(11)10-6-4-8-12-10/h2-3,5,7H,4,6,8H2,1H3. The van der Waals surface area contributed by atoms with E-state index in [1.165, 1.54) is 22.6 Å². The van der Waals surface area contributed by atoms with Gasteiger partial charge in [0.1, 0.15) is 0 Å². The van der Waals surface area contributed by atoms with Crippen LogP contribution in [0.15, 0.2) is 34.2 Å². The monoisotopic (exact) mass is 191 g/mol. The quantitative estimate of drug-likeness (QED) is 0.655. The van der Waals surface area contributed by atoms with E-state index >= 15 is 0 Å². The molecule has 2 rings (SSSR count). The van der Waals surface area contributed by atoms with Crippen molar-refractivity contribution in [3.8, 4) is 0 Å². The van der Waals surface area contributed by atoms with Gasteiger partial charge in [0, 0.05) is 22.7 Å². The normalized spacial score (nSPS) is 15.9. The lowest BCUT2D eigenvalue weighted by Gasteiger charge is -2.05. The number of benzene rings is 1. The molecule has 1 aliphatic heterocycles. The molecule has 0 aromatic heterocycles. The smallest absolute Gasteiger partial charge is 0.0432 e. The summed E-state index contributed by atoms with van der Waals surface area (Å²) in [5, 5.41) is 0. The van der Waals surface area contributed by atoms with Crippen LogP contribution in [-0.4, -0.2) is 18.5 Å². The van der Waals surface area contributed by atoms with Crippen molar-refractivity contribution in [1.82, 2.24) is 0 Å². The SMILES string of the molecule is CSc1ccccc1C1=NCCC1. The second-order valence-corrected chi connectivity index (χ2v) is 3.98. The van der Waals surface area contributed by atoms with Gasteiger partial charge in [-0.25, -0.2) is 0 Å². The maximum absolute atomic E-state index is 4.52. The topological polar surface area (TPSA) is 12.4 Å². The molecule has 1 heterocycles. The molecule has 1 nitrogen and oxygen atoms in total. The summed E-state index contributed by atoms with van der Waals surface area (Å²) in [6, 6.07) is 8.53. The van der Waals surface area contributed by atoms with Gasteiger partial charge in [-0.15, -0.1) is 11.8 Å². The van der Waals surface area contributed by atoms with E-state index in [0.717, 1.165) is 13.0 Å². The molecule has 13 heavy (non-hydrogen) atoms. The molecule has 0 unspecified atom stereocenters. The fourth-order valence-electron chi connectivity index (χ4n) is 1.64. The van der Waals surface area contributed by atoms with E-state index in [4.69, 9.17) is 0 Å². The first-order valence-corrected chi connectivity index (χ1v) is 5.81. The third-order valence-corrected chi connectivity index (χ3v) is 3.09. The van der Waals surface area contributed by atoms with Crippen LogP contribution in [0.5, 0.6) is 0 Å². The van der Waals surface area contributed by atoms with Crippen LogP contribution in [0.2, 0.25) is 0 Å². The summed E-state index contributed by atoms with van der Waals surface area (Å²) in [7, 11) is 0. The van der Waals surface area contributed by atoms with Gasteiger partial charge in [-0.3, -0.25) is 4.99 Å². The molecule has 1 aliphatic rings. The number of hydrogen-bond donors (Lipinski definition) is 0. The van der Waals surface area contributed by atoms with Crippen molar-refractivity contribution >= 4 is 17.5 Å². The summed E-state index contributed by atoms with van der Waals surface area (Å²) >= 11 is 1.80. The number of hydrogen-bond acceptors (Lipinski definition) is 2. The van der Waals surface area contributed by atoms with E-state index in [2.05, 4.69) is 35.5 Å². The summed E-state index contributed by atoms with van der Waals surface area (Å²) in [5.74, 6) is 0. The Morgan fingerprint density at radius 2 is 2.15 bits per heavy atom. The largest absolute Gasteiger partial charge is 0.289 e. The van der Waals surface area contributed by atoms with Crippen molar-refractivity contribution in [2.75, 3.05) is 12.8 Å². The van der Waals surface area contributed by atoms with Gasteiger partial charge in [-0.1, -0.05) is 18.2 Å².